The summed E-state index contributed by atoms with van der Waals surface area (Å²) in [5, 5.41) is 9.27. The summed E-state index contributed by atoms with van der Waals surface area (Å²) in [6.07, 6.45) is -0.266. The van der Waals surface area contributed by atoms with Crippen LogP contribution in [0.1, 0.15) is 11.7 Å². The molecule has 3 N–H and O–H groups in total. The number of hydrogen-bond donors (Lipinski definition) is 2. The normalized spacial score (nSPS) is 12.8. The molecule has 0 radical (unpaired) electrons. The lowest BCUT2D eigenvalue weighted by Crippen LogP contribution is -2.17. The Hall–Kier alpha value is -0.130. The fourth-order valence-corrected chi connectivity index (χ4v) is 2.04. The molecule has 0 bridgehead atoms. The van der Waals surface area contributed by atoms with E-state index in [-0.39, 0.29) is 19.3 Å². The van der Waals surface area contributed by atoms with Gasteiger partial charge in [-0.05, 0) is 12.1 Å². The highest BCUT2D eigenvalue weighted by atomic mass is 79.9. The number of hydrogen-bond acceptors (Lipinski definition) is 3. The average Bonchev–Trinajstić information content (AvgIpc) is 2.21. The van der Waals surface area contributed by atoms with Crippen LogP contribution < -0.4 is 5.73 Å². The van der Waals surface area contributed by atoms with Gasteiger partial charge in [0.15, 0.2) is 0 Å². The molecule has 0 heterocycles. The van der Waals surface area contributed by atoms with Crippen LogP contribution in [-0.2, 0) is 4.74 Å². The summed E-state index contributed by atoms with van der Waals surface area (Å²) in [4.78, 5) is 0. The fourth-order valence-electron chi connectivity index (χ4n) is 1.24. The van der Waals surface area contributed by atoms with Gasteiger partial charge in [-0.25, -0.2) is 0 Å². The number of ether oxygens (including phenoxy) is 1. The SMILES string of the molecule is NCC(OCCO)c1ccc(Br)cc1Cl. The topological polar surface area (TPSA) is 55.5 Å². The minimum absolute atomic E-state index is 0.0232. The van der Waals surface area contributed by atoms with Gasteiger partial charge < -0.3 is 15.6 Å². The maximum atomic E-state index is 8.66. The van der Waals surface area contributed by atoms with E-state index in [9.17, 15) is 0 Å². The summed E-state index contributed by atoms with van der Waals surface area (Å²) < 4.78 is 6.28. The Morgan fingerprint density at radius 3 is 2.80 bits per heavy atom. The molecule has 0 amide bonds. The molecule has 0 aliphatic heterocycles. The van der Waals surface area contributed by atoms with Gasteiger partial charge in [0, 0.05) is 21.6 Å². The van der Waals surface area contributed by atoms with Gasteiger partial charge in [-0.15, -0.1) is 0 Å². The van der Waals surface area contributed by atoms with Crippen molar-refractivity contribution in [1.82, 2.24) is 0 Å². The summed E-state index contributed by atoms with van der Waals surface area (Å²) >= 11 is 9.38. The van der Waals surface area contributed by atoms with E-state index in [1.165, 1.54) is 0 Å². The summed E-state index contributed by atoms with van der Waals surface area (Å²) in [5.74, 6) is 0. The number of nitrogens with two attached hydrogens (primary N) is 1. The molecule has 3 nitrogen and oxygen atoms in total. The minimum atomic E-state index is -0.266. The lowest BCUT2D eigenvalue weighted by molar-refractivity contribution is 0.0329. The molecule has 1 aromatic carbocycles. The molecule has 0 aromatic heterocycles. The first kappa shape index (κ1) is 12.9. The Balaban J connectivity index is 2.81. The zero-order valence-corrected chi connectivity index (χ0v) is 10.5. The van der Waals surface area contributed by atoms with E-state index in [0.717, 1.165) is 10.0 Å². The quantitative estimate of drug-likeness (QED) is 0.874. The first-order chi connectivity index (χ1) is 7.19. The predicted octanol–water partition coefficient (Wildman–Crippen LogP) is 2.11. The highest BCUT2D eigenvalue weighted by Crippen LogP contribution is 2.27. The molecular weight excluding hydrogens is 281 g/mol. The Morgan fingerprint density at radius 1 is 1.53 bits per heavy atom. The molecule has 84 valence electrons. The molecule has 0 aliphatic rings. The second-order valence-electron chi connectivity index (χ2n) is 2.98. The van der Waals surface area contributed by atoms with Crippen LogP contribution in [0.4, 0.5) is 0 Å². The van der Waals surface area contributed by atoms with Crippen LogP contribution in [0.25, 0.3) is 0 Å². The maximum absolute atomic E-state index is 8.66. The molecule has 0 saturated carbocycles. The van der Waals surface area contributed by atoms with Crippen LogP contribution in [0.2, 0.25) is 5.02 Å². The Morgan fingerprint density at radius 2 is 2.27 bits per heavy atom. The minimum Gasteiger partial charge on any atom is -0.394 e. The second kappa shape index (κ2) is 6.45. The first-order valence-electron chi connectivity index (χ1n) is 4.56. The summed E-state index contributed by atoms with van der Waals surface area (Å²) in [7, 11) is 0. The molecule has 1 unspecified atom stereocenters. The van der Waals surface area contributed by atoms with E-state index < -0.39 is 0 Å². The molecule has 0 fully saturated rings. The largest absolute Gasteiger partial charge is 0.394 e. The van der Waals surface area contributed by atoms with E-state index in [2.05, 4.69) is 15.9 Å². The average molecular weight is 295 g/mol. The fraction of sp³-hybridized carbons (Fsp3) is 0.400. The summed E-state index contributed by atoms with van der Waals surface area (Å²) in [6, 6.07) is 5.54. The van der Waals surface area contributed by atoms with Crippen molar-refractivity contribution in [3.63, 3.8) is 0 Å². The van der Waals surface area contributed by atoms with Crippen molar-refractivity contribution in [2.45, 2.75) is 6.10 Å². The monoisotopic (exact) mass is 293 g/mol. The van der Waals surface area contributed by atoms with Crippen LogP contribution in [0, 0.1) is 0 Å². The third-order valence-corrected chi connectivity index (χ3v) is 2.75. The predicted molar refractivity (Wildman–Crippen MR) is 64.0 cm³/mol. The molecule has 1 aromatic rings. The molecule has 1 atom stereocenters. The standard InChI is InChI=1S/C10H13BrClNO2/c11-7-1-2-8(9(12)5-7)10(6-13)15-4-3-14/h1-2,5,10,14H,3-4,6,13H2. The van der Waals surface area contributed by atoms with Crippen LogP contribution in [-0.4, -0.2) is 24.9 Å². The van der Waals surface area contributed by atoms with Gasteiger partial charge in [-0.2, -0.15) is 0 Å². The van der Waals surface area contributed by atoms with Gasteiger partial charge >= 0.3 is 0 Å². The van der Waals surface area contributed by atoms with E-state index in [0.29, 0.717) is 11.6 Å². The van der Waals surface area contributed by atoms with E-state index in [1.54, 1.807) is 6.07 Å². The van der Waals surface area contributed by atoms with E-state index in [1.807, 2.05) is 12.1 Å². The Bertz CT molecular complexity index is 322. The van der Waals surface area contributed by atoms with E-state index >= 15 is 0 Å². The van der Waals surface area contributed by atoms with Gasteiger partial charge in [-0.3, -0.25) is 0 Å². The molecule has 5 heteroatoms. The molecular formula is C10H13BrClNO2. The second-order valence-corrected chi connectivity index (χ2v) is 4.31. The van der Waals surface area contributed by atoms with E-state index in [4.69, 9.17) is 27.2 Å². The lowest BCUT2D eigenvalue weighted by atomic mass is 10.1. The highest BCUT2D eigenvalue weighted by molar-refractivity contribution is 9.10. The molecule has 1 rings (SSSR count). The molecule has 0 saturated heterocycles. The number of halogens is 2. The van der Waals surface area contributed by atoms with Crippen molar-refractivity contribution in [1.29, 1.82) is 0 Å². The van der Waals surface area contributed by atoms with Crippen molar-refractivity contribution in [3.05, 3.63) is 33.3 Å². The van der Waals surface area contributed by atoms with Gasteiger partial charge in [0.25, 0.3) is 0 Å². The van der Waals surface area contributed by atoms with Crippen LogP contribution in [0.3, 0.4) is 0 Å². The molecule has 0 aliphatic carbocycles. The third-order valence-electron chi connectivity index (χ3n) is 1.93. The molecule has 0 spiro atoms. The van der Waals surface area contributed by atoms with Crippen molar-refractivity contribution in [2.75, 3.05) is 19.8 Å². The number of aliphatic hydroxyl groups is 1. The maximum Gasteiger partial charge on any atom is 0.0962 e. The Kier molecular flexibility index (Phi) is 5.56. The van der Waals surface area contributed by atoms with Gasteiger partial charge in [0.05, 0.1) is 19.3 Å². The number of rotatable bonds is 5. The van der Waals surface area contributed by atoms with Crippen LogP contribution in [0.15, 0.2) is 22.7 Å². The highest BCUT2D eigenvalue weighted by Gasteiger charge is 2.13. The smallest absolute Gasteiger partial charge is 0.0962 e. The van der Waals surface area contributed by atoms with Crippen molar-refractivity contribution in [2.24, 2.45) is 5.73 Å². The zero-order chi connectivity index (χ0) is 11.3. The molecule has 15 heavy (non-hydrogen) atoms. The first-order valence-corrected chi connectivity index (χ1v) is 5.73. The van der Waals surface area contributed by atoms with Gasteiger partial charge in [0.1, 0.15) is 0 Å². The number of aliphatic hydroxyl groups excluding tert-OH is 1. The summed E-state index contributed by atoms with van der Waals surface area (Å²) in [5.41, 5.74) is 6.42. The van der Waals surface area contributed by atoms with Crippen molar-refractivity contribution < 1.29 is 9.84 Å². The van der Waals surface area contributed by atoms with Crippen molar-refractivity contribution >= 4 is 27.5 Å². The number of benzene rings is 1. The Labute approximate surface area is 102 Å². The van der Waals surface area contributed by atoms with Gasteiger partial charge in [0.2, 0.25) is 0 Å². The third kappa shape index (κ3) is 3.74. The van der Waals surface area contributed by atoms with Crippen LogP contribution in [0.5, 0.6) is 0 Å². The van der Waals surface area contributed by atoms with Crippen molar-refractivity contribution in [3.8, 4) is 0 Å². The zero-order valence-electron chi connectivity index (χ0n) is 8.12. The van der Waals surface area contributed by atoms with Gasteiger partial charge in [-0.1, -0.05) is 33.6 Å². The van der Waals surface area contributed by atoms with Crippen LogP contribution >= 0.6 is 27.5 Å². The summed E-state index contributed by atoms with van der Waals surface area (Å²) in [6.45, 7) is 0.570. The lowest BCUT2D eigenvalue weighted by Gasteiger charge is -2.17.